The van der Waals surface area contributed by atoms with E-state index in [-0.39, 0.29) is 5.54 Å². The molecule has 0 saturated carbocycles. The average molecular weight is 368 g/mol. The van der Waals surface area contributed by atoms with Crippen LogP contribution in [0.3, 0.4) is 0 Å². The van der Waals surface area contributed by atoms with Gasteiger partial charge in [0, 0.05) is 38.3 Å². The van der Waals surface area contributed by atoms with E-state index in [2.05, 4.69) is 91.8 Å². The molecule has 1 aliphatic rings. The van der Waals surface area contributed by atoms with Crippen LogP contribution in [-0.2, 0) is 0 Å². The third kappa shape index (κ3) is 9.56. The zero-order chi connectivity index (χ0) is 19.1. The van der Waals surface area contributed by atoms with Crippen molar-refractivity contribution in [3.63, 3.8) is 0 Å². The van der Waals surface area contributed by atoms with Crippen molar-refractivity contribution in [3.05, 3.63) is 24.4 Å². The fraction of sp³-hybridized carbons (Fsp3) is 0.789. The quantitative estimate of drug-likeness (QED) is 0.577. The third-order valence-corrected chi connectivity index (χ3v) is 7.80. The Morgan fingerprint density at radius 3 is 2.16 bits per heavy atom. The molecule has 0 unspecified atom stereocenters. The molecule has 0 aliphatic carbocycles. The molecule has 0 aromatic carbocycles. The number of likely N-dealkylation sites (N-methyl/N-ethyl adjacent to an activating group) is 2. The predicted molar refractivity (Wildman–Crippen MR) is 113 cm³/mol. The van der Waals surface area contributed by atoms with Gasteiger partial charge in [-0.05, 0) is 67.3 Å². The summed E-state index contributed by atoms with van der Waals surface area (Å²) < 4.78 is 2.71. The van der Waals surface area contributed by atoms with Gasteiger partial charge >= 0.3 is 0 Å². The van der Waals surface area contributed by atoms with Gasteiger partial charge in [-0.15, -0.1) is 0 Å². The van der Waals surface area contributed by atoms with Crippen LogP contribution in [0.1, 0.15) is 20.8 Å². The molecule has 1 atom stereocenters. The minimum Gasteiger partial charge on any atom is -0.383 e. The molecule has 1 aliphatic heterocycles. The lowest BCUT2D eigenvalue weighted by atomic mass is 10.1. The van der Waals surface area contributed by atoms with Crippen molar-refractivity contribution in [2.45, 2.75) is 45.4 Å². The molecule has 0 saturated heterocycles. The van der Waals surface area contributed by atoms with E-state index in [0.717, 1.165) is 32.7 Å². The van der Waals surface area contributed by atoms with Crippen LogP contribution in [0.15, 0.2) is 24.4 Å². The van der Waals surface area contributed by atoms with Gasteiger partial charge in [-0.3, -0.25) is 0 Å². The normalized spacial score (nSPS) is 18.4. The van der Waals surface area contributed by atoms with Crippen LogP contribution in [0.5, 0.6) is 0 Å². The van der Waals surface area contributed by atoms with Gasteiger partial charge in [0.25, 0.3) is 0 Å². The zero-order valence-corrected chi connectivity index (χ0v) is 18.8. The first-order valence-electron chi connectivity index (χ1n) is 9.47. The summed E-state index contributed by atoms with van der Waals surface area (Å²) in [7, 11) is 4.88. The molecule has 0 spiro atoms. The van der Waals surface area contributed by atoms with E-state index in [1.165, 1.54) is 0 Å². The summed E-state index contributed by atoms with van der Waals surface area (Å²) in [4.78, 5) is 8.63. The molecule has 0 amide bonds. The Morgan fingerprint density at radius 2 is 1.64 bits per heavy atom. The van der Waals surface area contributed by atoms with E-state index in [1.54, 1.807) is 0 Å². The SMILES string of the molecule is CN(C)CCN(CCN(C)C[C@@H]1C=CC=CN1)[Si](C)(C)NC(C)(C)C. The van der Waals surface area contributed by atoms with E-state index in [1.807, 2.05) is 12.3 Å². The summed E-state index contributed by atoms with van der Waals surface area (Å²) in [6, 6.07) is 0.420. The Bertz CT molecular complexity index is 440. The maximum atomic E-state index is 3.92. The molecule has 0 bridgehead atoms. The van der Waals surface area contributed by atoms with Crippen molar-refractivity contribution in [1.29, 1.82) is 0 Å². The van der Waals surface area contributed by atoms with Crippen molar-refractivity contribution in [2.75, 3.05) is 53.9 Å². The summed E-state index contributed by atoms with van der Waals surface area (Å²) >= 11 is 0. The minimum absolute atomic E-state index is 0.154. The van der Waals surface area contributed by atoms with E-state index in [9.17, 15) is 0 Å². The standard InChI is InChI=1S/C19H41N5Si/c1-19(2,3)21-25(7,8)24(15-13-22(4)5)16-14-23(6)17-18-11-9-10-12-20-18/h9-12,18,20-21H,13-17H2,1-8H3/t18-/m0/s1. The first kappa shape index (κ1) is 22.4. The molecule has 1 heterocycles. The second kappa shape index (κ2) is 9.88. The molecule has 1 rings (SSSR count). The van der Waals surface area contributed by atoms with Crippen molar-refractivity contribution in [1.82, 2.24) is 24.7 Å². The van der Waals surface area contributed by atoms with E-state index in [4.69, 9.17) is 0 Å². The molecule has 146 valence electrons. The van der Waals surface area contributed by atoms with Gasteiger partial charge in [0.15, 0.2) is 8.40 Å². The average Bonchev–Trinajstić information content (AvgIpc) is 2.45. The number of hydrogen-bond donors (Lipinski definition) is 2. The number of allylic oxidation sites excluding steroid dienone is 2. The largest absolute Gasteiger partial charge is 0.383 e. The topological polar surface area (TPSA) is 33.8 Å². The highest BCUT2D eigenvalue weighted by molar-refractivity contribution is 6.72. The van der Waals surface area contributed by atoms with Gasteiger partial charge in [0.05, 0.1) is 6.04 Å². The highest BCUT2D eigenvalue weighted by Crippen LogP contribution is 2.12. The smallest absolute Gasteiger partial charge is 0.198 e. The summed E-state index contributed by atoms with van der Waals surface area (Å²) in [5.41, 5.74) is 0.154. The fourth-order valence-corrected chi connectivity index (χ4v) is 6.62. The van der Waals surface area contributed by atoms with Crippen LogP contribution in [0.4, 0.5) is 0 Å². The van der Waals surface area contributed by atoms with Gasteiger partial charge in [0.2, 0.25) is 0 Å². The zero-order valence-electron chi connectivity index (χ0n) is 17.8. The van der Waals surface area contributed by atoms with Gasteiger partial charge in [-0.1, -0.05) is 12.2 Å². The number of nitrogens with one attached hydrogen (secondary N) is 2. The molecule has 0 radical (unpaired) electrons. The molecule has 25 heavy (non-hydrogen) atoms. The molecule has 0 aromatic rings. The summed E-state index contributed by atoms with van der Waals surface area (Å²) in [6.45, 7) is 17.1. The Labute approximate surface area is 157 Å². The van der Waals surface area contributed by atoms with Crippen LogP contribution in [0, 0.1) is 0 Å². The molecule has 0 aromatic heterocycles. The van der Waals surface area contributed by atoms with Crippen LogP contribution < -0.4 is 10.3 Å². The van der Waals surface area contributed by atoms with Crippen molar-refractivity contribution >= 4 is 8.40 Å². The Balaban J connectivity index is 2.59. The first-order valence-corrected chi connectivity index (χ1v) is 12.4. The van der Waals surface area contributed by atoms with Gasteiger partial charge in [-0.2, -0.15) is 0 Å². The van der Waals surface area contributed by atoms with E-state index in [0.29, 0.717) is 6.04 Å². The van der Waals surface area contributed by atoms with Crippen LogP contribution in [0.2, 0.25) is 13.1 Å². The number of nitrogens with zero attached hydrogens (tertiary/aromatic N) is 3. The Hall–Kier alpha value is -0.663. The second-order valence-electron chi connectivity index (χ2n) is 9.00. The van der Waals surface area contributed by atoms with E-state index < -0.39 is 8.40 Å². The predicted octanol–water partition coefficient (Wildman–Crippen LogP) is 1.91. The lowest BCUT2D eigenvalue weighted by Gasteiger charge is -2.43. The molecule has 2 N–H and O–H groups in total. The summed E-state index contributed by atoms with van der Waals surface area (Å²) in [5.74, 6) is 0. The number of hydrogen-bond acceptors (Lipinski definition) is 5. The van der Waals surface area contributed by atoms with Crippen LogP contribution in [0.25, 0.3) is 0 Å². The maximum Gasteiger partial charge on any atom is 0.198 e. The number of rotatable bonds is 10. The lowest BCUT2D eigenvalue weighted by Crippen LogP contribution is -2.66. The van der Waals surface area contributed by atoms with Crippen LogP contribution in [-0.4, -0.2) is 88.2 Å². The second-order valence-corrected chi connectivity index (χ2v) is 13.0. The third-order valence-electron chi connectivity index (χ3n) is 4.41. The Kier molecular flexibility index (Phi) is 8.84. The maximum absolute atomic E-state index is 3.92. The first-order chi connectivity index (χ1) is 11.5. The van der Waals surface area contributed by atoms with Crippen molar-refractivity contribution in [2.24, 2.45) is 0 Å². The van der Waals surface area contributed by atoms with Gasteiger partial charge in [0.1, 0.15) is 0 Å². The summed E-state index contributed by atoms with van der Waals surface area (Å²) in [5, 5.41) is 3.41. The van der Waals surface area contributed by atoms with E-state index >= 15 is 0 Å². The van der Waals surface area contributed by atoms with Gasteiger partial charge in [-0.25, -0.2) is 0 Å². The number of dihydropyridines is 1. The highest BCUT2D eigenvalue weighted by atomic mass is 28.3. The fourth-order valence-electron chi connectivity index (χ4n) is 3.31. The monoisotopic (exact) mass is 367 g/mol. The minimum atomic E-state index is -1.66. The summed E-state index contributed by atoms with van der Waals surface area (Å²) in [6.07, 6.45) is 8.44. The van der Waals surface area contributed by atoms with Crippen molar-refractivity contribution < 1.29 is 0 Å². The Morgan fingerprint density at radius 1 is 1.00 bits per heavy atom. The van der Waals surface area contributed by atoms with Gasteiger partial charge < -0.3 is 24.7 Å². The molecular weight excluding hydrogens is 326 g/mol. The molecule has 0 fully saturated rings. The molecule has 6 heteroatoms. The molecule has 5 nitrogen and oxygen atoms in total. The highest BCUT2D eigenvalue weighted by Gasteiger charge is 2.33. The lowest BCUT2D eigenvalue weighted by molar-refractivity contribution is 0.260. The van der Waals surface area contributed by atoms with Crippen molar-refractivity contribution in [3.8, 4) is 0 Å². The van der Waals surface area contributed by atoms with Crippen LogP contribution >= 0.6 is 0 Å². The molecular formula is C19H41N5Si.